The van der Waals surface area contributed by atoms with Crippen molar-refractivity contribution in [3.63, 3.8) is 0 Å². The largest absolute Gasteiger partial charge is 0.506 e. The lowest BCUT2D eigenvalue weighted by Gasteiger charge is -2.11. The Labute approximate surface area is 130 Å². The maximum absolute atomic E-state index is 10.7. The highest BCUT2D eigenvalue weighted by Crippen LogP contribution is 2.26. The minimum Gasteiger partial charge on any atom is -0.506 e. The zero-order valence-electron chi connectivity index (χ0n) is 10.5. The molecule has 0 bridgehead atoms. The molecule has 3 N–H and O–H groups in total. The summed E-state index contributed by atoms with van der Waals surface area (Å²) in [4.78, 5) is 10.2. The fourth-order valence-corrected chi connectivity index (χ4v) is 1.99. The number of non-ortho nitro benzene ring substituents is 1. The number of halogens is 1. The molecule has 2 rings (SSSR count). The minimum atomic E-state index is -0.496. The number of thiocarbonyl (C=S) groups is 1. The highest BCUT2D eigenvalue weighted by molar-refractivity contribution is 7.80. The van der Waals surface area contributed by atoms with Gasteiger partial charge in [-0.2, -0.15) is 0 Å². The Morgan fingerprint density at radius 1 is 1.24 bits per heavy atom. The summed E-state index contributed by atoms with van der Waals surface area (Å²) in [5.74, 6) is -0.0115. The van der Waals surface area contributed by atoms with E-state index >= 15 is 0 Å². The number of phenols is 1. The number of phenolic OH excluding ortho intramolecular Hbond substituents is 1. The molecule has 0 saturated carbocycles. The lowest BCUT2D eigenvalue weighted by molar-refractivity contribution is -0.384. The summed E-state index contributed by atoms with van der Waals surface area (Å²) < 4.78 is 0. The fraction of sp³-hybridized carbons (Fsp3) is 0. The van der Waals surface area contributed by atoms with Crippen LogP contribution in [-0.4, -0.2) is 15.1 Å². The molecule has 8 heteroatoms. The second kappa shape index (κ2) is 6.38. The highest BCUT2D eigenvalue weighted by Gasteiger charge is 2.08. The van der Waals surface area contributed by atoms with Crippen molar-refractivity contribution in [1.82, 2.24) is 0 Å². The van der Waals surface area contributed by atoms with Crippen LogP contribution in [0.25, 0.3) is 0 Å². The molecule has 6 nitrogen and oxygen atoms in total. The molecule has 0 radical (unpaired) electrons. The standard InChI is InChI=1S/C13H10ClN3O3S/c14-8-4-5-12(18)11(6-8)16-13(21)15-9-2-1-3-10(7-9)17(19)20/h1-7,18H,(H2,15,16,21). The van der Waals surface area contributed by atoms with Gasteiger partial charge >= 0.3 is 0 Å². The molecule has 2 aromatic carbocycles. The lowest BCUT2D eigenvalue weighted by atomic mass is 10.3. The maximum atomic E-state index is 10.7. The zero-order valence-corrected chi connectivity index (χ0v) is 12.1. The molecule has 0 saturated heterocycles. The van der Waals surface area contributed by atoms with Gasteiger partial charge in [-0.25, -0.2) is 0 Å². The van der Waals surface area contributed by atoms with E-state index in [0.29, 0.717) is 16.4 Å². The summed E-state index contributed by atoms with van der Waals surface area (Å²) in [6, 6.07) is 10.4. The van der Waals surface area contributed by atoms with E-state index in [1.54, 1.807) is 18.2 Å². The van der Waals surface area contributed by atoms with E-state index in [0.717, 1.165) is 0 Å². The van der Waals surface area contributed by atoms with E-state index in [2.05, 4.69) is 10.6 Å². The number of aromatic hydroxyl groups is 1. The zero-order chi connectivity index (χ0) is 15.4. The first kappa shape index (κ1) is 15.0. The van der Waals surface area contributed by atoms with E-state index in [-0.39, 0.29) is 16.5 Å². The Kier molecular flexibility index (Phi) is 4.56. The quantitative estimate of drug-likeness (QED) is 0.345. The first-order chi connectivity index (χ1) is 9.95. The highest BCUT2D eigenvalue weighted by atomic mass is 35.5. The Morgan fingerprint density at radius 2 is 2.00 bits per heavy atom. The van der Waals surface area contributed by atoms with Gasteiger partial charge in [-0.05, 0) is 36.5 Å². The van der Waals surface area contributed by atoms with E-state index in [4.69, 9.17) is 23.8 Å². The van der Waals surface area contributed by atoms with E-state index < -0.39 is 4.92 Å². The monoisotopic (exact) mass is 323 g/mol. The van der Waals surface area contributed by atoms with Crippen molar-refractivity contribution >= 4 is 46.0 Å². The number of anilines is 2. The van der Waals surface area contributed by atoms with Crippen molar-refractivity contribution < 1.29 is 10.0 Å². The van der Waals surface area contributed by atoms with Crippen LogP contribution in [0.1, 0.15) is 0 Å². The fourth-order valence-electron chi connectivity index (χ4n) is 1.59. The Bertz CT molecular complexity index is 709. The Hall–Kier alpha value is -2.38. The molecule has 0 aliphatic rings. The summed E-state index contributed by atoms with van der Waals surface area (Å²) in [5, 5.41) is 26.5. The van der Waals surface area contributed by atoms with Crippen molar-refractivity contribution in [1.29, 1.82) is 0 Å². The third-order valence-corrected chi connectivity index (χ3v) is 2.96. The number of nitro groups is 1. The number of hydrogen-bond acceptors (Lipinski definition) is 4. The molecule has 0 amide bonds. The molecule has 0 aliphatic heterocycles. The molecule has 0 fully saturated rings. The van der Waals surface area contributed by atoms with Gasteiger partial charge in [-0.15, -0.1) is 0 Å². The van der Waals surface area contributed by atoms with Gasteiger partial charge in [0.25, 0.3) is 5.69 Å². The first-order valence-corrected chi connectivity index (χ1v) is 6.55. The Balaban J connectivity index is 2.10. The van der Waals surface area contributed by atoms with Crippen molar-refractivity contribution in [2.45, 2.75) is 0 Å². The number of nitrogens with one attached hydrogen (secondary N) is 2. The molecular formula is C13H10ClN3O3S. The van der Waals surface area contributed by atoms with E-state index in [9.17, 15) is 15.2 Å². The smallest absolute Gasteiger partial charge is 0.271 e. The van der Waals surface area contributed by atoms with Crippen molar-refractivity contribution in [2.75, 3.05) is 10.6 Å². The first-order valence-electron chi connectivity index (χ1n) is 5.76. The number of hydrogen-bond donors (Lipinski definition) is 3. The second-order valence-corrected chi connectivity index (χ2v) is 4.89. The second-order valence-electron chi connectivity index (χ2n) is 4.05. The molecule has 0 aromatic heterocycles. The lowest BCUT2D eigenvalue weighted by Crippen LogP contribution is -2.19. The average Bonchev–Trinajstić information content (AvgIpc) is 2.43. The van der Waals surface area contributed by atoms with Crippen LogP contribution in [0.3, 0.4) is 0 Å². The molecule has 21 heavy (non-hydrogen) atoms. The van der Waals surface area contributed by atoms with E-state index in [1.165, 1.54) is 24.3 Å². The topological polar surface area (TPSA) is 87.4 Å². The molecule has 0 unspecified atom stereocenters. The van der Waals surface area contributed by atoms with Crippen LogP contribution in [0.15, 0.2) is 42.5 Å². The molecule has 2 aromatic rings. The summed E-state index contributed by atoms with van der Waals surface area (Å²) in [5.41, 5.74) is 0.752. The summed E-state index contributed by atoms with van der Waals surface area (Å²) in [7, 11) is 0. The van der Waals surface area contributed by atoms with Crippen LogP contribution in [0.2, 0.25) is 5.02 Å². The van der Waals surface area contributed by atoms with Gasteiger partial charge in [0.05, 0.1) is 10.6 Å². The number of benzene rings is 2. The summed E-state index contributed by atoms with van der Waals surface area (Å²) >= 11 is 10.9. The van der Waals surface area contributed by atoms with Gasteiger partial charge in [-0.3, -0.25) is 10.1 Å². The number of rotatable bonds is 3. The van der Waals surface area contributed by atoms with Crippen molar-refractivity contribution in [3.8, 4) is 5.75 Å². The van der Waals surface area contributed by atoms with Gasteiger partial charge in [0.1, 0.15) is 5.75 Å². The third-order valence-electron chi connectivity index (χ3n) is 2.52. The number of nitrogens with zero attached hydrogens (tertiary/aromatic N) is 1. The maximum Gasteiger partial charge on any atom is 0.271 e. The van der Waals surface area contributed by atoms with Crippen molar-refractivity contribution in [2.24, 2.45) is 0 Å². The van der Waals surface area contributed by atoms with Crippen LogP contribution < -0.4 is 10.6 Å². The summed E-state index contributed by atoms with van der Waals surface area (Å²) in [6.07, 6.45) is 0. The third kappa shape index (κ3) is 4.04. The average molecular weight is 324 g/mol. The molecule has 108 valence electrons. The van der Waals surface area contributed by atoms with Gasteiger partial charge in [0.2, 0.25) is 0 Å². The van der Waals surface area contributed by atoms with Gasteiger partial charge in [0, 0.05) is 22.8 Å². The van der Waals surface area contributed by atoms with Gasteiger partial charge < -0.3 is 15.7 Å². The molecule has 0 aliphatic carbocycles. The molecular weight excluding hydrogens is 314 g/mol. The van der Waals surface area contributed by atoms with Gasteiger partial charge in [-0.1, -0.05) is 17.7 Å². The Morgan fingerprint density at radius 3 is 2.71 bits per heavy atom. The minimum absolute atomic E-state index is 0.0115. The molecule has 0 spiro atoms. The van der Waals surface area contributed by atoms with Crippen LogP contribution in [0.4, 0.5) is 17.1 Å². The predicted octanol–water partition coefficient (Wildman–Crippen LogP) is 3.76. The van der Waals surface area contributed by atoms with Crippen LogP contribution in [0.5, 0.6) is 5.75 Å². The normalized spacial score (nSPS) is 9.95. The molecule has 0 heterocycles. The summed E-state index contributed by atoms with van der Waals surface area (Å²) in [6.45, 7) is 0. The predicted molar refractivity (Wildman–Crippen MR) is 86.1 cm³/mol. The number of nitro benzene ring substituents is 1. The van der Waals surface area contributed by atoms with Crippen LogP contribution >= 0.6 is 23.8 Å². The van der Waals surface area contributed by atoms with Crippen LogP contribution in [-0.2, 0) is 0 Å². The van der Waals surface area contributed by atoms with Crippen molar-refractivity contribution in [3.05, 3.63) is 57.6 Å². The SMILES string of the molecule is O=[N+]([O-])c1cccc(NC(=S)Nc2cc(Cl)ccc2O)c1. The van der Waals surface area contributed by atoms with Gasteiger partial charge in [0.15, 0.2) is 5.11 Å². The van der Waals surface area contributed by atoms with Crippen LogP contribution in [0, 0.1) is 10.1 Å². The molecule has 0 atom stereocenters. The van der Waals surface area contributed by atoms with E-state index in [1.807, 2.05) is 0 Å².